The van der Waals surface area contributed by atoms with Crippen molar-refractivity contribution in [3.05, 3.63) is 29.9 Å². The molecule has 0 aliphatic carbocycles. The third-order valence-electron chi connectivity index (χ3n) is 2.63. The highest BCUT2D eigenvalue weighted by Crippen LogP contribution is 2.17. The number of oxazole rings is 1. The summed E-state index contributed by atoms with van der Waals surface area (Å²) in [5.41, 5.74) is 0.853. The van der Waals surface area contributed by atoms with Crippen LogP contribution in [-0.2, 0) is 16.1 Å². The number of esters is 1. The monoisotopic (exact) mass is 277 g/mol. The van der Waals surface area contributed by atoms with Crippen molar-refractivity contribution < 1.29 is 18.3 Å². The molecule has 0 atom stereocenters. The van der Waals surface area contributed by atoms with Crippen LogP contribution in [0, 0.1) is 17.1 Å². The minimum absolute atomic E-state index is 0.0299. The second-order valence-electron chi connectivity index (χ2n) is 4.10. The first kappa shape index (κ1) is 14.0. The predicted molar refractivity (Wildman–Crippen MR) is 66.9 cm³/mol. The Labute approximate surface area is 114 Å². The fraction of sp³-hybridized carbons (Fsp3) is 0.308. The topological polar surface area (TPSA) is 79.4 Å². The molecule has 0 saturated carbocycles. The first-order valence-electron chi connectivity index (χ1n) is 5.83. The molecular formula is C13H12FN3O3. The van der Waals surface area contributed by atoms with Crippen LogP contribution in [0.4, 0.5) is 4.39 Å². The summed E-state index contributed by atoms with van der Waals surface area (Å²) in [7, 11) is 1.27. The molecular weight excluding hydrogens is 265 g/mol. The summed E-state index contributed by atoms with van der Waals surface area (Å²) in [4.78, 5) is 16.9. The molecule has 1 aromatic carbocycles. The van der Waals surface area contributed by atoms with Gasteiger partial charge in [0.15, 0.2) is 5.58 Å². The molecule has 7 heteroatoms. The summed E-state index contributed by atoms with van der Waals surface area (Å²) in [5, 5.41) is 8.73. The van der Waals surface area contributed by atoms with Crippen LogP contribution in [0.2, 0.25) is 0 Å². The summed E-state index contributed by atoms with van der Waals surface area (Å²) in [6.07, 6.45) is 0. The highest BCUT2D eigenvalue weighted by Gasteiger charge is 2.15. The number of carbonyl (C=O) groups excluding carboxylic acids is 1. The Balaban J connectivity index is 2.15. The molecule has 0 aliphatic heterocycles. The summed E-state index contributed by atoms with van der Waals surface area (Å²) in [5.74, 6) is -0.559. The van der Waals surface area contributed by atoms with E-state index in [9.17, 15) is 9.18 Å². The van der Waals surface area contributed by atoms with E-state index in [-0.39, 0.29) is 19.6 Å². The van der Waals surface area contributed by atoms with Gasteiger partial charge in [-0.1, -0.05) is 0 Å². The number of hydrogen-bond donors (Lipinski definition) is 0. The van der Waals surface area contributed by atoms with Crippen molar-refractivity contribution in [2.45, 2.75) is 6.54 Å². The van der Waals surface area contributed by atoms with Gasteiger partial charge in [0, 0.05) is 6.07 Å². The summed E-state index contributed by atoms with van der Waals surface area (Å²) in [6.45, 7) is 0.151. The zero-order chi connectivity index (χ0) is 14.5. The van der Waals surface area contributed by atoms with E-state index in [1.54, 1.807) is 0 Å². The van der Waals surface area contributed by atoms with E-state index in [1.165, 1.54) is 30.2 Å². The standard InChI is InChI=1S/C13H12FN3O3/c1-19-13(18)8-17(5-4-15)7-12-16-10-3-2-9(14)6-11(10)20-12/h2-3,6H,5,7-8H2,1H3. The third kappa shape index (κ3) is 3.30. The number of ether oxygens (including phenoxy) is 1. The van der Waals surface area contributed by atoms with Crippen molar-refractivity contribution in [3.8, 4) is 6.07 Å². The molecule has 1 heterocycles. The number of carbonyl (C=O) groups is 1. The van der Waals surface area contributed by atoms with E-state index in [0.29, 0.717) is 17.0 Å². The molecule has 0 N–H and O–H groups in total. The number of fused-ring (bicyclic) bond motifs is 1. The van der Waals surface area contributed by atoms with Crippen LogP contribution in [0.25, 0.3) is 11.1 Å². The Morgan fingerprint density at radius 1 is 1.60 bits per heavy atom. The van der Waals surface area contributed by atoms with Crippen molar-refractivity contribution in [3.63, 3.8) is 0 Å². The molecule has 0 bridgehead atoms. The number of methoxy groups -OCH3 is 1. The highest BCUT2D eigenvalue weighted by molar-refractivity contribution is 5.72. The lowest BCUT2D eigenvalue weighted by atomic mass is 10.3. The number of hydrogen-bond acceptors (Lipinski definition) is 6. The molecule has 0 amide bonds. The number of nitrogens with zero attached hydrogens (tertiary/aromatic N) is 3. The minimum Gasteiger partial charge on any atom is -0.468 e. The number of rotatable bonds is 5. The predicted octanol–water partition coefficient (Wildman–Crippen LogP) is 1.47. The van der Waals surface area contributed by atoms with E-state index in [2.05, 4.69) is 9.72 Å². The molecule has 104 valence electrons. The minimum atomic E-state index is -0.456. The van der Waals surface area contributed by atoms with Crippen LogP contribution >= 0.6 is 0 Å². The van der Waals surface area contributed by atoms with E-state index in [1.807, 2.05) is 6.07 Å². The van der Waals surface area contributed by atoms with Gasteiger partial charge in [0.2, 0.25) is 5.89 Å². The van der Waals surface area contributed by atoms with Crippen molar-refractivity contribution in [2.24, 2.45) is 0 Å². The number of benzene rings is 1. The smallest absolute Gasteiger partial charge is 0.319 e. The van der Waals surface area contributed by atoms with Crippen LogP contribution in [0.15, 0.2) is 22.6 Å². The van der Waals surface area contributed by atoms with Gasteiger partial charge in [-0.05, 0) is 12.1 Å². The Bertz CT molecular complexity index is 662. The average Bonchev–Trinajstić information content (AvgIpc) is 2.80. The van der Waals surface area contributed by atoms with Gasteiger partial charge < -0.3 is 9.15 Å². The first-order chi connectivity index (χ1) is 9.62. The van der Waals surface area contributed by atoms with Gasteiger partial charge in [0.25, 0.3) is 0 Å². The van der Waals surface area contributed by atoms with Crippen LogP contribution < -0.4 is 0 Å². The van der Waals surface area contributed by atoms with Crippen molar-refractivity contribution in [1.82, 2.24) is 9.88 Å². The molecule has 2 rings (SSSR count). The fourth-order valence-corrected chi connectivity index (χ4v) is 1.72. The summed E-state index contributed by atoms with van der Waals surface area (Å²) >= 11 is 0. The van der Waals surface area contributed by atoms with E-state index in [0.717, 1.165) is 0 Å². The molecule has 20 heavy (non-hydrogen) atoms. The second kappa shape index (κ2) is 6.12. The lowest BCUT2D eigenvalue weighted by molar-refractivity contribution is -0.141. The molecule has 1 aromatic heterocycles. The van der Waals surface area contributed by atoms with Crippen molar-refractivity contribution in [1.29, 1.82) is 5.26 Å². The van der Waals surface area contributed by atoms with Crippen LogP contribution in [-0.4, -0.2) is 36.1 Å². The lowest BCUT2D eigenvalue weighted by Gasteiger charge is -2.14. The zero-order valence-corrected chi connectivity index (χ0v) is 10.8. The molecule has 0 fully saturated rings. The van der Waals surface area contributed by atoms with E-state index in [4.69, 9.17) is 9.68 Å². The molecule has 0 saturated heterocycles. The Morgan fingerprint density at radius 3 is 3.10 bits per heavy atom. The maximum absolute atomic E-state index is 13.0. The quantitative estimate of drug-likeness (QED) is 0.608. The fourth-order valence-electron chi connectivity index (χ4n) is 1.72. The molecule has 0 spiro atoms. The summed E-state index contributed by atoms with van der Waals surface area (Å²) in [6, 6.07) is 5.98. The van der Waals surface area contributed by atoms with E-state index < -0.39 is 11.8 Å². The molecule has 0 aliphatic rings. The second-order valence-corrected chi connectivity index (χ2v) is 4.10. The normalized spacial score (nSPS) is 10.7. The third-order valence-corrected chi connectivity index (χ3v) is 2.63. The van der Waals surface area contributed by atoms with Gasteiger partial charge in [-0.15, -0.1) is 0 Å². The highest BCUT2D eigenvalue weighted by atomic mass is 19.1. The largest absolute Gasteiger partial charge is 0.468 e. The van der Waals surface area contributed by atoms with E-state index >= 15 is 0 Å². The molecule has 6 nitrogen and oxygen atoms in total. The Kier molecular flexibility index (Phi) is 4.27. The number of nitriles is 1. The van der Waals surface area contributed by atoms with Gasteiger partial charge in [-0.25, -0.2) is 9.37 Å². The Morgan fingerprint density at radius 2 is 2.40 bits per heavy atom. The van der Waals surface area contributed by atoms with Crippen LogP contribution in [0.3, 0.4) is 0 Å². The van der Waals surface area contributed by atoms with Crippen LogP contribution in [0.1, 0.15) is 5.89 Å². The average molecular weight is 277 g/mol. The van der Waals surface area contributed by atoms with Crippen LogP contribution in [0.5, 0.6) is 0 Å². The molecule has 2 aromatic rings. The van der Waals surface area contributed by atoms with Gasteiger partial charge in [0.1, 0.15) is 11.3 Å². The maximum atomic E-state index is 13.0. The van der Waals surface area contributed by atoms with Gasteiger partial charge in [0.05, 0.1) is 32.8 Å². The molecule has 0 radical (unpaired) electrons. The van der Waals surface area contributed by atoms with Crippen molar-refractivity contribution >= 4 is 17.1 Å². The van der Waals surface area contributed by atoms with Gasteiger partial charge >= 0.3 is 5.97 Å². The van der Waals surface area contributed by atoms with Crippen molar-refractivity contribution in [2.75, 3.05) is 20.2 Å². The first-order valence-corrected chi connectivity index (χ1v) is 5.83. The van der Waals surface area contributed by atoms with Gasteiger partial charge in [-0.2, -0.15) is 5.26 Å². The number of aromatic nitrogens is 1. The lowest BCUT2D eigenvalue weighted by Crippen LogP contribution is -2.30. The Hall–Kier alpha value is -2.46. The summed E-state index contributed by atoms with van der Waals surface area (Å²) < 4.78 is 23.0. The van der Waals surface area contributed by atoms with Gasteiger partial charge in [-0.3, -0.25) is 9.69 Å². The SMILES string of the molecule is COC(=O)CN(CC#N)Cc1nc2ccc(F)cc2o1. The number of halogens is 1. The molecule has 0 unspecified atom stereocenters. The maximum Gasteiger partial charge on any atom is 0.319 e. The zero-order valence-electron chi connectivity index (χ0n) is 10.8.